The summed E-state index contributed by atoms with van der Waals surface area (Å²) in [5.74, 6) is -4.44. The van der Waals surface area contributed by atoms with Crippen LogP contribution >= 0.6 is 0 Å². The van der Waals surface area contributed by atoms with Gasteiger partial charge in [-0.25, -0.2) is 8.42 Å². The molecule has 18 nitrogen and oxygen atoms in total. The number of nitrogens with one attached hydrogen (secondary N) is 3. The summed E-state index contributed by atoms with van der Waals surface area (Å²) in [6.45, 7) is 3.99. The topological polar surface area (TPSA) is 233 Å². The summed E-state index contributed by atoms with van der Waals surface area (Å²) in [6.07, 6.45) is 0.0368. The fourth-order valence-corrected chi connectivity index (χ4v) is 8.00. The molecule has 0 radical (unpaired) electrons. The van der Waals surface area contributed by atoms with Crippen molar-refractivity contribution >= 4 is 62.6 Å². The third-order valence-corrected chi connectivity index (χ3v) is 10.8. The maximum absolute atomic E-state index is 14.0. The minimum Gasteiger partial charge on any atom is -0.493 e. The van der Waals surface area contributed by atoms with E-state index >= 15 is 0 Å². The van der Waals surface area contributed by atoms with Crippen LogP contribution in [0.3, 0.4) is 0 Å². The van der Waals surface area contributed by atoms with Crippen LogP contribution in [0, 0.1) is 0 Å². The number of nitrogens with zero attached hydrogens (tertiary/aromatic N) is 2. The Morgan fingerprint density at radius 2 is 1.58 bits per heavy atom. The van der Waals surface area contributed by atoms with Gasteiger partial charge < -0.3 is 29.6 Å². The average Bonchev–Trinajstić information content (AvgIpc) is 3.60. The van der Waals surface area contributed by atoms with Crippen LogP contribution in [0.5, 0.6) is 11.5 Å². The molecule has 19 heteroatoms. The van der Waals surface area contributed by atoms with E-state index in [2.05, 4.69) is 16.0 Å². The van der Waals surface area contributed by atoms with Gasteiger partial charge in [0.1, 0.15) is 22.0 Å². The molecule has 7 amide bonds. The van der Waals surface area contributed by atoms with Crippen LogP contribution in [0.25, 0.3) is 0 Å². The van der Waals surface area contributed by atoms with Gasteiger partial charge in [-0.15, -0.1) is 0 Å². The molecule has 3 aliphatic rings. The smallest absolute Gasteiger partial charge is 0.264 e. The number of amides is 7. The van der Waals surface area contributed by atoms with E-state index in [4.69, 9.17) is 18.9 Å². The number of sulfone groups is 1. The number of anilines is 2. The van der Waals surface area contributed by atoms with E-state index < -0.39 is 75.1 Å². The minimum absolute atomic E-state index is 0.0000819. The zero-order valence-corrected chi connectivity index (χ0v) is 33.5. The first kappa shape index (κ1) is 42.4. The van der Waals surface area contributed by atoms with Crippen molar-refractivity contribution in [1.82, 2.24) is 15.1 Å². The summed E-state index contributed by atoms with van der Waals surface area (Å²) >= 11 is 0. The number of fused-ring (bicyclic) bond motifs is 2. The molecule has 0 spiro atoms. The Balaban J connectivity index is 1.02. The van der Waals surface area contributed by atoms with Crippen LogP contribution in [0.4, 0.5) is 11.4 Å². The average molecular weight is 834 g/mol. The number of rotatable bonds is 18. The van der Waals surface area contributed by atoms with E-state index in [0.717, 1.165) is 16.1 Å². The monoisotopic (exact) mass is 833 g/mol. The zero-order chi connectivity index (χ0) is 42.6. The number of hydrogen-bond acceptors (Lipinski definition) is 14. The fraction of sp³-hybridized carbons (Fsp3) is 0.375. The Labute approximate surface area is 339 Å². The predicted octanol–water partition coefficient (Wildman–Crippen LogP) is 2.35. The van der Waals surface area contributed by atoms with Gasteiger partial charge in [-0.3, -0.25) is 48.7 Å². The molecule has 0 bridgehead atoms. The number of hydrogen-bond donors (Lipinski definition) is 3. The second kappa shape index (κ2) is 17.8. The molecule has 3 N–H and O–H groups in total. The van der Waals surface area contributed by atoms with Gasteiger partial charge in [0.05, 0.1) is 73.3 Å². The van der Waals surface area contributed by atoms with Crippen molar-refractivity contribution in [1.29, 1.82) is 0 Å². The molecule has 312 valence electrons. The van der Waals surface area contributed by atoms with Crippen LogP contribution in [-0.2, 0) is 33.7 Å². The first-order chi connectivity index (χ1) is 28.1. The number of imide groups is 3. The summed E-state index contributed by atoms with van der Waals surface area (Å²) < 4.78 is 47.5. The Kier molecular flexibility index (Phi) is 12.8. The maximum atomic E-state index is 14.0. The Hall–Kier alpha value is -6.18. The molecule has 2 unspecified atom stereocenters. The predicted molar refractivity (Wildman–Crippen MR) is 210 cm³/mol. The van der Waals surface area contributed by atoms with E-state index in [0.29, 0.717) is 22.7 Å². The number of carbonyl (C=O) groups excluding carboxylic acids is 7. The van der Waals surface area contributed by atoms with Crippen LogP contribution in [-0.4, -0.2) is 124 Å². The summed E-state index contributed by atoms with van der Waals surface area (Å²) in [5, 5.41) is 7.90. The Morgan fingerprint density at radius 3 is 2.25 bits per heavy atom. The highest BCUT2D eigenvalue weighted by molar-refractivity contribution is 7.90. The maximum Gasteiger partial charge on any atom is 0.264 e. The second-order valence-electron chi connectivity index (χ2n) is 13.9. The lowest BCUT2D eigenvalue weighted by molar-refractivity contribution is -0.136. The Morgan fingerprint density at radius 1 is 0.881 bits per heavy atom. The summed E-state index contributed by atoms with van der Waals surface area (Å²) in [6, 6.07) is 11.4. The van der Waals surface area contributed by atoms with E-state index in [1.54, 1.807) is 31.2 Å². The normalized spacial score (nSPS) is 17.4. The van der Waals surface area contributed by atoms with Gasteiger partial charge in [-0.1, -0.05) is 18.2 Å². The molecule has 0 aliphatic carbocycles. The number of piperidine rings is 1. The quantitative estimate of drug-likeness (QED) is 0.123. The van der Waals surface area contributed by atoms with Gasteiger partial charge in [0.25, 0.3) is 29.5 Å². The number of ether oxygens (including phenoxy) is 4. The van der Waals surface area contributed by atoms with Crippen molar-refractivity contribution < 1.29 is 60.9 Å². The molecule has 3 aromatic carbocycles. The van der Waals surface area contributed by atoms with Crippen molar-refractivity contribution in [2.24, 2.45) is 0 Å². The molecule has 1 saturated heterocycles. The molecule has 3 aromatic rings. The largest absolute Gasteiger partial charge is 0.493 e. The van der Waals surface area contributed by atoms with Crippen molar-refractivity contribution in [3.05, 3.63) is 82.4 Å². The van der Waals surface area contributed by atoms with Gasteiger partial charge in [-0.05, 0) is 62.2 Å². The molecular weight excluding hydrogens is 791 g/mol. The highest BCUT2D eigenvalue weighted by Crippen LogP contribution is 2.39. The van der Waals surface area contributed by atoms with Crippen LogP contribution in [0.15, 0.2) is 54.6 Å². The van der Waals surface area contributed by atoms with Gasteiger partial charge in [0, 0.05) is 24.9 Å². The zero-order valence-electron chi connectivity index (χ0n) is 32.7. The molecule has 1 fully saturated rings. The summed E-state index contributed by atoms with van der Waals surface area (Å²) in [7, 11) is -2.28. The first-order valence-electron chi connectivity index (χ1n) is 18.7. The fourth-order valence-electron chi connectivity index (χ4n) is 7.08. The van der Waals surface area contributed by atoms with E-state index in [-0.39, 0.29) is 73.8 Å². The van der Waals surface area contributed by atoms with E-state index in [1.807, 2.05) is 0 Å². The standard InChI is InChI=1S/C40H43N5O13S/c1-5-57-31-20-23(12-14-30(31)55-3)29(21-59(4,53)54)45-38(50)25-9-7-11-27(34(25)40(45)52)42-35(47)22(2)58-19-18-56-17-16-41-26-10-6-8-24-33(26)39(51)44(37(24)49)28-13-15-32(46)43-36(28)48/h6-12,14,20,22,28-29,41H,5,13,15-19,21H2,1-4H3,(H,42,47)(H,43,46,48)/t22?,28?,29-/m1/s1. The molecule has 6 rings (SSSR count). The number of benzene rings is 3. The Bertz CT molecular complexity index is 2330. The first-order valence-corrected chi connectivity index (χ1v) is 20.8. The SMILES string of the molecule is CCOc1cc([C@@H](CS(C)(=O)=O)N2C(=O)c3cccc(NC(=O)C(C)OCCOCCNc4cccc5c4C(=O)N(C4CCC(=O)NC4=O)C5=O)c3C2=O)ccc1OC. The van der Waals surface area contributed by atoms with Crippen molar-refractivity contribution in [3.63, 3.8) is 0 Å². The van der Waals surface area contributed by atoms with Crippen LogP contribution in [0.1, 0.15) is 79.7 Å². The lowest BCUT2D eigenvalue weighted by Crippen LogP contribution is -2.54. The van der Waals surface area contributed by atoms with E-state index in [9.17, 15) is 42.0 Å². The van der Waals surface area contributed by atoms with E-state index in [1.165, 1.54) is 44.4 Å². The van der Waals surface area contributed by atoms with Gasteiger partial charge in [-0.2, -0.15) is 0 Å². The van der Waals surface area contributed by atoms with Crippen LogP contribution < -0.4 is 25.4 Å². The highest BCUT2D eigenvalue weighted by Gasteiger charge is 2.46. The van der Waals surface area contributed by atoms with Crippen molar-refractivity contribution in [2.75, 3.05) is 62.7 Å². The van der Waals surface area contributed by atoms with Crippen LogP contribution in [0.2, 0.25) is 0 Å². The molecule has 3 atom stereocenters. The minimum atomic E-state index is -3.73. The molecule has 3 heterocycles. The third-order valence-electron chi connectivity index (χ3n) is 9.84. The van der Waals surface area contributed by atoms with Crippen molar-refractivity contribution in [3.8, 4) is 11.5 Å². The molecule has 59 heavy (non-hydrogen) atoms. The lowest BCUT2D eigenvalue weighted by Gasteiger charge is -2.27. The summed E-state index contributed by atoms with van der Waals surface area (Å²) in [4.78, 5) is 93.1. The molecule has 3 aliphatic heterocycles. The lowest BCUT2D eigenvalue weighted by atomic mass is 10.0. The molecule has 0 saturated carbocycles. The molecular formula is C40H43N5O13S. The van der Waals surface area contributed by atoms with Crippen molar-refractivity contribution in [2.45, 2.75) is 44.9 Å². The van der Waals surface area contributed by atoms with Gasteiger partial charge >= 0.3 is 0 Å². The van der Waals surface area contributed by atoms with Gasteiger partial charge in [0.15, 0.2) is 11.5 Å². The number of methoxy groups -OCH3 is 1. The molecule has 0 aromatic heterocycles. The highest BCUT2D eigenvalue weighted by atomic mass is 32.2. The number of carbonyl (C=O) groups is 7. The second-order valence-corrected chi connectivity index (χ2v) is 16.1. The van der Waals surface area contributed by atoms with Gasteiger partial charge in [0.2, 0.25) is 11.8 Å². The third kappa shape index (κ3) is 8.96. The summed E-state index contributed by atoms with van der Waals surface area (Å²) in [5.41, 5.74) is 0.901.